The van der Waals surface area contributed by atoms with E-state index in [1.807, 2.05) is 0 Å². The Hall–Kier alpha value is 2.49. The first-order chi connectivity index (χ1) is 12.3. The summed E-state index contributed by atoms with van der Waals surface area (Å²) in [5, 5.41) is 0. The van der Waals surface area contributed by atoms with Gasteiger partial charge in [-0.3, -0.25) is 0 Å². The molecule has 0 unspecified atom stereocenters. The molecule has 0 aliphatic carbocycles. The van der Waals surface area contributed by atoms with E-state index in [-0.39, 0.29) is 51.3 Å². The standard InChI is InChI=1S/C14H42Si7.2C3H9Si.Ge/c1-15(2)21(18(7,8)9,19(10,11)12)20(13,14)16(3)17(4,5)6;2*1-4(2)3;/h1-14H3;2*1-3H3;. The molecule has 0 atom stereocenters. The summed E-state index contributed by atoms with van der Waals surface area (Å²) in [6, 6.07) is 0. The summed E-state index contributed by atoms with van der Waals surface area (Å²) >= 11 is 0. The van der Waals surface area contributed by atoms with Crippen LogP contribution in [-0.4, -0.2) is 87.4 Å². The van der Waals surface area contributed by atoms with E-state index in [0.717, 1.165) is 0 Å². The molecule has 0 N–H and O–H groups in total. The molecule has 0 bridgehead atoms. The van der Waals surface area contributed by atoms with E-state index in [0.29, 0.717) is 0 Å². The minimum atomic E-state index is -1.08. The van der Waals surface area contributed by atoms with Crippen LogP contribution in [0.1, 0.15) is 0 Å². The van der Waals surface area contributed by atoms with Crippen LogP contribution in [0.2, 0.25) is 131 Å². The van der Waals surface area contributed by atoms with Gasteiger partial charge in [0.25, 0.3) is 0 Å². The molecule has 8 radical (unpaired) electrons. The van der Waals surface area contributed by atoms with E-state index in [9.17, 15) is 0 Å². The maximum atomic E-state index is 2.90. The van der Waals surface area contributed by atoms with Crippen molar-refractivity contribution in [3.05, 3.63) is 0 Å². The summed E-state index contributed by atoms with van der Waals surface area (Å²) in [6.07, 6.45) is -1.08. The first kappa shape index (κ1) is 39.7. The maximum absolute atomic E-state index is 2.90. The molecule has 0 amide bonds. The normalized spacial score (nSPS) is 13.6. The first-order valence-electron chi connectivity index (χ1n) is 11.5. The molecular weight excluding hydrogens is 566 g/mol. The van der Waals surface area contributed by atoms with E-state index in [4.69, 9.17) is 0 Å². The molecule has 0 aromatic carbocycles. The first-order valence-corrected chi connectivity index (χ1v) is 43.5. The van der Waals surface area contributed by atoms with Gasteiger partial charge in [-0.15, -0.1) is 0 Å². The van der Waals surface area contributed by atoms with Crippen molar-refractivity contribution >= 4 is 87.4 Å². The minimum absolute atomic E-state index is 0. The molecule has 180 valence electrons. The van der Waals surface area contributed by atoms with Gasteiger partial charge in [0.05, 0.1) is 0 Å². The Bertz CT molecular complexity index is 419. The van der Waals surface area contributed by atoms with Gasteiger partial charge in [-0.05, 0) is 0 Å². The molecular formula is C20H60GeSi9. The van der Waals surface area contributed by atoms with Crippen molar-refractivity contribution in [2.24, 2.45) is 0 Å². The van der Waals surface area contributed by atoms with Gasteiger partial charge in [-0.2, -0.15) is 0 Å². The topological polar surface area (TPSA) is 0 Å². The van der Waals surface area contributed by atoms with Crippen LogP contribution in [0.25, 0.3) is 0 Å². The van der Waals surface area contributed by atoms with Crippen LogP contribution in [0.5, 0.6) is 0 Å². The third-order valence-corrected chi connectivity index (χ3v) is 153. The molecule has 0 aliphatic heterocycles. The summed E-state index contributed by atoms with van der Waals surface area (Å²) in [5.41, 5.74) is 0. The van der Waals surface area contributed by atoms with Gasteiger partial charge in [-0.1, -0.05) is 131 Å². The molecule has 0 rings (SSSR count). The third kappa shape index (κ3) is 11.8. The van der Waals surface area contributed by atoms with Gasteiger partial charge in [0, 0.05) is 87.4 Å². The zero-order valence-electron chi connectivity index (χ0n) is 25.0. The second-order valence-corrected chi connectivity index (χ2v) is 90.8. The Morgan fingerprint density at radius 1 is 0.433 bits per heavy atom. The van der Waals surface area contributed by atoms with Crippen molar-refractivity contribution in [2.75, 3.05) is 0 Å². The SMILES string of the molecule is C[Si](C)C.C[Si](C)C.C[Si]([Si](C)(C)C)[Si](C)(C)[Si]([Si](C)C)([Si](C)(C)C)[Si](C)(C)C.[Ge]. The predicted molar refractivity (Wildman–Crippen MR) is 175 cm³/mol. The van der Waals surface area contributed by atoms with Gasteiger partial charge in [0.1, 0.15) is 0 Å². The van der Waals surface area contributed by atoms with Crippen LogP contribution in [0.3, 0.4) is 0 Å². The fourth-order valence-corrected chi connectivity index (χ4v) is 239. The Balaban J connectivity index is -0.000000319. The second kappa shape index (κ2) is 14.8. The molecule has 0 heterocycles. The van der Waals surface area contributed by atoms with Crippen molar-refractivity contribution in [1.29, 1.82) is 0 Å². The number of hydrogen-bond donors (Lipinski definition) is 0. The minimum Gasteiger partial charge on any atom is -0.0752 e. The third-order valence-electron chi connectivity index (χ3n) is 6.00. The van der Waals surface area contributed by atoms with Crippen LogP contribution >= 0.6 is 0 Å². The van der Waals surface area contributed by atoms with Gasteiger partial charge < -0.3 is 0 Å². The molecule has 10 heteroatoms. The average molecular weight is 626 g/mol. The monoisotopic (exact) mass is 626 g/mol. The quantitative estimate of drug-likeness (QED) is 0.264. The molecule has 0 nitrogen and oxygen atoms in total. The van der Waals surface area contributed by atoms with Crippen molar-refractivity contribution in [1.82, 2.24) is 0 Å². The zero-order valence-corrected chi connectivity index (χ0v) is 36.1. The van der Waals surface area contributed by atoms with Crippen LogP contribution < -0.4 is 0 Å². The molecule has 0 aromatic rings. The smallest absolute Gasteiger partial charge is 0.0379 e. The van der Waals surface area contributed by atoms with Crippen molar-refractivity contribution in [3.63, 3.8) is 0 Å². The van der Waals surface area contributed by atoms with Crippen molar-refractivity contribution in [2.45, 2.75) is 131 Å². The molecule has 30 heavy (non-hydrogen) atoms. The largest absolute Gasteiger partial charge is 0.0752 e. The summed E-state index contributed by atoms with van der Waals surface area (Å²) < 4.78 is 0. The van der Waals surface area contributed by atoms with Gasteiger partial charge in [0.2, 0.25) is 0 Å². The summed E-state index contributed by atoms with van der Waals surface area (Å²) in [7, 11) is -4.16. The fraction of sp³-hybridized carbons (Fsp3) is 1.00. The summed E-state index contributed by atoms with van der Waals surface area (Å²) in [4.78, 5) is 0. The van der Waals surface area contributed by atoms with Crippen molar-refractivity contribution in [3.8, 4) is 0 Å². The van der Waals surface area contributed by atoms with Crippen LogP contribution in [0.15, 0.2) is 0 Å². The molecule has 0 spiro atoms. The van der Waals surface area contributed by atoms with Crippen LogP contribution in [0.4, 0.5) is 0 Å². The van der Waals surface area contributed by atoms with Crippen molar-refractivity contribution < 1.29 is 0 Å². The number of rotatable bonds is 6. The zero-order chi connectivity index (χ0) is 24.8. The molecule has 0 aliphatic rings. The summed E-state index contributed by atoms with van der Waals surface area (Å²) in [6.45, 7) is 52.4. The molecule has 0 aromatic heterocycles. The second-order valence-electron chi connectivity index (χ2n) is 13.8. The molecule has 0 saturated carbocycles. The van der Waals surface area contributed by atoms with E-state index in [2.05, 4.69) is 131 Å². The van der Waals surface area contributed by atoms with E-state index in [1.54, 1.807) is 0 Å². The fourth-order valence-electron chi connectivity index (χ4n) is 6.34. The van der Waals surface area contributed by atoms with E-state index in [1.165, 1.54) is 0 Å². The van der Waals surface area contributed by atoms with E-state index < -0.39 is 36.0 Å². The van der Waals surface area contributed by atoms with E-state index >= 15 is 0 Å². The van der Waals surface area contributed by atoms with Crippen LogP contribution in [0, 0.1) is 0 Å². The Morgan fingerprint density at radius 3 is 0.733 bits per heavy atom. The average Bonchev–Trinajstić information content (AvgIpc) is 2.30. The van der Waals surface area contributed by atoms with Crippen LogP contribution in [-0.2, 0) is 0 Å². The Morgan fingerprint density at radius 2 is 0.633 bits per heavy atom. The Labute approximate surface area is 216 Å². The maximum Gasteiger partial charge on any atom is 0.0379 e. The molecule has 0 saturated heterocycles. The summed E-state index contributed by atoms with van der Waals surface area (Å²) in [5.74, 6) is 0. The predicted octanol–water partition coefficient (Wildman–Crippen LogP) is 7.87. The van der Waals surface area contributed by atoms with Gasteiger partial charge in [0.15, 0.2) is 0 Å². The van der Waals surface area contributed by atoms with Gasteiger partial charge in [-0.25, -0.2) is 0 Å². The Kier molecular flexibility index (Phi) is 19.6. The van der Waals surface area contributed by atoms with Gasteiger partial charge >= 0.3 is 0 Å². The number of hydrogen-bond acceptors (Lipinski definition) is 0. The molecule has 0 fully saturated rings.